The summed E-state index contributed by atoms with van der Waals surface area (Å²) in [7, 11) is 0. The molecule has 3 nitrogen and oxygen atoms in total. The Kier molecular flexibility index (Phi) is 10.6. The van der Waals surface area contributed by atoms with Crippen molar-refractivity contribution in [2.45, 2.75) is 45.6 Å². The molecule has 0 aliphatic carbocycles. The lowest BCUT2D eigenvalue weighted by Crippen LogP contribution is -2.22. The average molecular weight is 254 g/mol. The minimum absolute atomic E-state index is 0.0672. The van der Waals surface area contributed by atoms with Crippen molar-refractivity contribution in [3.63, 3.8) is 0 Å². The first kappa shape index (κ1) is 17.1. The van der Waals surface area contributed by atoms with E-state index in [9.17, 15) is 4.79 Å². The van der Waals surface area contributed by atoms with Crippen molar-refractivity contribution in [2.24, 2.45) is 5.92 Å². The van der Waals surface area contributed by atoms with Crippen LogP contribution in [0.1, 0.15) is 39.5 Å². The quantitative estimate of drug-likeness (QED) is 0.455. The van der Waals surface area contributed by atoms with E-state index in [0.717, 1.165) is 32.3 Å². The topological polar surface area (TPSA) is 46.5 Å². The van der Waals surface area contributed by atoms with E-state index in [4.69, 9.17) is 9.84 Å². The standard InChI is InChI=1S/C15H26O3/c1-4-6-12-18-15(8-7-11-16)13(3)9-10-14(17)5-2/h5,9-10,13,15-16H,2,4,6-8,11-12H2,1,3H3. The summed E-state index contributed by atoms with van der Waals surface area (Å²) in [4.78, 5) is 11.1. The van der Waals surface area contributed by atoms with Gasteiger partial charge in [-0.1, -0.05) is 32.9 Å². The molecule has 0 aromatic carbocycles. The highest BCUT2D eigenvalue weighted by Crippen LogP contribution is 2.15. The fraction of sp³-hybridized carbons (Fsp3) is 0.667. The number of aliphatic hydroxyl groups excluding tert-OH is 1. The van der Waals surface area contributed by atoms with Crippen LogP contribution in [-0.2, 0) is 9.53 Å². The molecule has 0 aliphatic heterocycles. The van der Waals surface area contributed by atoms with E-state index in [2.05, 4.69) is 13.5 Å². The molecule has 0 heterocycles. The SMILES string of the molecule is C=CC(=O)C=CC(C)C(CCCO)OCCCC. The average Bonchev–Trinajstić information content (AvgIpc) is 2.39. The highest BCUT2D eigenvalue weighted by atomic mass is 16.5. The van der Waals surface area contributed by atoms with Gasteiger partial charge in [-0.25, -0.2) is 0 Å². The van der Waals surface area contributed by atoms with Gasteiger partial charge in [0.15, 0.2) is 5.78 Å². The Morgan fingerprint density at radius 1 is 1.44 bits per heavy atom. The zero-order valence-electron chi connectivity index (χ0n) is 11.6. The van der Waals surface area contributed by atoms with Gasteiger partial charge >= 0.3 is 0 Å². The molecule has 0 aromatic rings. The summed E-state index contributed by atoms with van der Waals surface area (Å²) < 4.78 is 5.81. The first-order valence-electron chi connectivity index (χ1n) is 6.72. The first-order valence-corrected chi connectivity index (χ1v) is 6.72. The Morgan fingerprint density at radius 3 is 2.72 bits per heavy atom. The second-order valence-electron chi connectivity index (χ2n) is 4.45. The Balaban J connectivity index is 4.28. The number of unbranched alkanes of at least 4 members (excludes halogenated alkanes) is 1. The molecular formula is C15H26O3. The van der Waals surface area contributed by atoms with Gasteiger partial charge in [0.1, 0.15) is 0 Å². The molecule has 0 spiro atoms. The monoisotopic (exact) mass is 254 g/mol. The van der Waals surface area contributed by atoms with Gasteiger partial charge in [-0.15, -0.1) is 0 Å². The Bertz CT molecular complexity index is 258. The summed E-state index contributed by atoms with van der Waals surface area (Å²) in [6.07, 6.45) is 8.44. The summed E-state index contributed by atoms with van der Waals surface area (Å²) >= 11 is 0. The van der Waals surface area contributed by atoms with Crippen molar-refractivity contribution in [1.29, 1.82) is 0 Å². The molecule has 104 valence electrons. The Labute approximate surface area is 111 Å². The maximum atomic E-state index is 11.1. The molecule has 2 atom stereocenters. The van der Waals surface area contributed by atoms with Crippen molar-refractivity contribution in [3.8, 4) is 0 Å². The van der Waals surface area contributed by atoms with E-state index in [0.29, 0.717) is 0 Å². The molecule has 2 unspecified atom stereocenters. The van der Waals surface area contributed by atoms with Crippen LogP contribution in [0.2, 0.25) is 0 Å². The van der Waals surface area contributed by atoms with Crippen LogP contribution in [0.5, 0.6) is 0 Å². The lowest BCUT2D eigenvalue weighted by atomic mass is 9.99. The third kappa shape index (κ3) is 8.20. The van der Waals surface area contributed by atoms with E-state index in [1.807, 2.05) is 13.0 Å². The van der Waals surface area contributed by atoms with Crippen LogP contribution in [0.15, 0.2) is 24.8 Å². The number of carbonyl (C=O) groups is 1. The predicted octanol–water partition coefficient (Wildman–Crippen LogP) is 2.89. The minimum atomic E-state index is -0.0867. The van der Waals surface area contributed by atoms with Crippen LogP contribution in [0.25, 0.3) is 0 Å². The molecular weight excluding hydrogens is 228 g/mol. The summed E-state index contributed by atoms with van der Waals surface area (Å²) in [6.45, 7) is 8.49. The lowest BCUT2D eigenvalue weighted by Gasteiger charge is -2.22. The fourth-order valence-electron chi connectivity index (χ4n) is 1.61. The van der Waals surface area contributed by atoms with E-state index in [1.54, 1.807) is 0 Å². The molecule has 0 fully saturated rings. The number of hydrogen-bond donors (Lipinski definition) is 1. The summed E-state index contributed by atoms with van der Waals surface area (Å²) in [6, 6.07) is 0. The molecule has 0 bridgehead atoms. The maximum Gasteiger partial charge on any atom is 0.177 e. The van der Waals surface area contributed by atoms with E-state index in [1.165, 1.54) is 12.2 Å². The molecule has 1 N–H and O–H groups in total. The van der Waals surface area contributed by atoms with Crippen LogP contribution in [0, 0.1) is 5.92 Å². The number of allylic oxidation sites excluding steroid dienone is 2. The van der Waals surface area contributed by atoms with Gasteiger partial charge in [-0.05, 0) is 31.4 Å². The van der Waals surface area contributed by atoms with Crippen LogP contribution < -0.4 is 0 Å². The van der Waals surface area contributed by atoms with Gasteiger partial charge in [-0.2, -0.15) is 0 Å². The maximum absolute atomic E-state index is 11.1. The second kappa shape index (κ2) is 11.2. The molecule has 0 aromatic heterocycles. The second-order valence-corrected chi connectivity index (χ2v) is 4.45. The van der Waals surface area contributed by atoms with Gasteiger partial charge in [0.25, 0.3) is 0 Å². The van der Waals surface area contributed by atoms with E-state index < -0.39 is 0 Å². The van der Waals surface area contributed by atoms with Crippen molar-refractivity contribution in [2.75, 3.05) is 13.2 Å². The zero-order valence-corrected chi connectivity index (χ0v) is 11.6. The highest BCUT2D eigenvalue weighted by molar-refractivity contribution is 5.98. The summed E-state index contributed by atoms with van der Waals surface area (Å²) in [5.41, 5.74) is 0. The normalized spacial score (nSPS) is 14.6. The largest absolute Gasteiger partial charge is 0.396 e. The van der Waals surface area contributed by atoms with E-state index >= 15 is 0 Å². The lowest BCUT2D eigenvalue weighted by molar-refractivity contribution is -0.110. The smallest absolute Gasteiger partial charge is 0.177 e. The van der Waals surface area contributed by atoms with Crippen molar-refractivity contribution in [3.05, 3.63) is 24.8 Å². The molecule has 0 amide bonds. The third-order valence-electron chi connectivity index (χ3n) is 2.83. The first-order chi connectivity index (χ1) is 8.65. The fourth-order valence-corrected chi connectivity index (χ4v) is 1.61. The number of carbonyl (C=O) groups excluding carboxylic acids is 1. The zero-order chi connectivity index (χ0) is 13.8. The summed E-state index contributed by atoms with van der Waals surface area (Å²) in [5, 5.41) is 8.88. The molecule has 18 heavy (non-hydrogen) atoms. The molecule has 0 rings (SSSR count). The Hall–Kier alpha value is -0.930. The Morgan fingerprint density at radius 2 is 2.17 bits per heavy atom. The molecule has 0 saturated carbocycles. The number of hydrogen-bond acceptors (Lipinski definition) is 3. The van der Waals surface area contributed by atoms with Gasteiger partial charge < -0.3 is 9.84 Å². The van der Waals surface area contributed by atoms with Crippen LogP contribution in [0.4, 0.5) is 0 Å². The highest BCUT2D eigenvalue weighted by Gasteiger charge is 2.15. The number of ketones is 1. The molecule has 0 aliphatic rings. The van der Waals surface area contributed by atoms with Crippen LogP contribution in [0.3, 0.4) is 0 Å². The van der Waals surface area contributed by atoms with Gasteiger partial charge in [0, 0.05) is 19.1 Å². The molecule has 3 heteroatoms. The van der Waals surface area contributed by atoms with Crippen LogP contribution >= 0.6 is 0 Å². The number of rotatable bonds is 11. The van der Waals surface area contributed by atoms with E-state index in [-0.39, 0.29) is 24.4 Å². The molecule has 0 radical (unpaired) electrons. The van der Waals surface area contributed by atoms with Crippen molar-refractivity contribution in [1.82, 2.24) is 0 Å². The summed E-state index contributed by atoms with van der Waals surface area (Å²) in [5.74, 6) is 0.0774. The number of ether oxygens (including phenoxy) is 1. The van der Waals surface area contributed by atoms with Gasteiger partial charge in [0.2, 0.25) is 0 Å². The third-order valence-corrected chi connectivity index (χ3v) is 2.83. The van der Waals surface area contributed by atoms with Crippen LogP contribution in [-0.4, -0.2) is 30.2 Å². The van der Waals surface area contributed by atoms with Crippen molar-refractivity contribution >= 4 is 5.78 Å². The molecule has 0 saturated heterocycles. The predicted molar refractivity (Wildman–Crippen MR) is 74.5 cm³/mol. The van der Waals surface area contributed by atoms with Gasteiger partial charge in [-0.3, -0.25) is 4.79 Å². The van der Waals surface area contributed by atoms with Gasteiger partial charge in [0.05, 0.1) is 6.10 Å². The number of aliphatic hydroxyl groups is 1. The minimum Gasteiger partial charge on any atom is -0.396 e. The van der Waals surface area contributed by atoms with Crippen molar-refractivity contribution < 1.29 is 14.6 Å².